The zero-order valence-corrected chi connectivity index (χ0v) is 17.3. The van der Waals surface area contributed by atoms with E-state index >= 15 is 0 Å². The molecule has 0 spiro atoms. The van der Waals surface area contributed by atoms with E-state index in [1.54, 1.807) is 28.0 Å². The molecule has 0 atom stereocenters. The van der Waals surface area contributed by atoms with Gasteiger partial charge in [-0.25, -0.2) is 14.0 Å². The SMILES string of the molecule is O=C(NCc1ccccc1)N1CCN(C(=O)Nc2ccc(F)c(Cl)c2)c2ccccc21. The molecule has 0 saturated carbocycles. The van der Waals surface area contributed by atoms with E-state index in [0.29, 0.717) is 36.7 Å². The van der Waals surface area contributed by atoms with E-state index < -0.39 is 5.82 Å². The highest BCUT2D eigenvalue weighted by molar-refractivity contribution is 6.31. The minimum atomic E-state index is -0.555. The summed E-state index contributed by atoms with van der Waals surface area (Å²) in [7, 11) is 0. The minimum Gasteiger partial charge on any atom is -0.334 e. The van der Waals surface area contributed by atoms with Gasteiger partial charge in [-0.1, -0.05) is 54.1 Å². The number of carbonyl (C=O) groups is 2. The predicted molar refractivity (Wildman–Crippen MR) is 120 cm³/mol. The predicted octanol–water partition coefficient (Wildman–Crippen LogP) is 5.25. The maximum atomic E-state index is 13.4. The highest BCUT2D eigenvalue weighted by atomic mass is 35.5. The van der Waals surface area contributed by atoms with Crippen LogP contribution >= 0.6 is 11.6 Å². The van der Waals surface area contributed by atoms with Gasteiger partial charge in [-0.2, -0.15) is 0 Å². The van der Waals surface area contributed by atoms with Crippen LogP contribution in [0.1, 0.15) is 5.56 Å². The molecule has 1 aliphatic heterocycles. The number of urea groups is 2. The maximum absolute atomic E-state index is 13.4. The summed E-state index contributed by atoms with van der Waals surface area (Å²) in [6, 6.07) is 20.2. The molecule has 4 amide bonds. The number of anilines is 3. The van der Waals surface area contributed by atoms with Gasteiger partial charge in [0, 0.05) is 25.3 Å². The Kier molecular flexibility index (Phi) is 6.04. The summed E-state index contributed by atoms with van der Waals surface area (Å²) < 4.78 is 13.4. The summed E-state index contributed by atoms with van der Waals surface area (Å²) in [6.07, 6.45) is 0. The topological polar surface area (TPSA) is 64.7 Å². The van der Waals surface area contributed by atoms with Gasteiger partial charge >= 0.3 is 12.1 Å². The van der Waals surface area contributed by atoms with Gasteiger partial charge in [-0.3, -0.25) is 9.80 Å². The Balaban J connectivity index is 1.49. The zero-order chi connectivity index (χ0) is 21.8. The Morgan fingerprint density at radius 3 is 2.13 bits per heavy atom. The summed E-state index contributed by atoms with van der Waals surface area (Å²) in [5, 5.41) is 5.58. The molecule has 6 nitrogen and oxygen atoms in total. The lowest BCUT2D eigenvalue weighted by Crippen LogP contribution is -2.50. The first kappa shape index (κ1) is 20.7. The first-order valence-corrected chi connectivity index (χ1v) is 10.1. The van der Waals surface area contributed by atoms with Crippen LogP contribution in [0.3, 0.4) is 0 Å². The number of fused-ring (bicyclic) bond motifs is 1. The molecule has 2 N–H and O–H groups in total. The number of halogens is 2. The number of rotatable bonds is 3. The summed E-state index contributed by atoms with van der Waals surface area (Å²) in [5.41, 5.74) is 2.62. The molecule has 0 fully saturated rings. The monoisotopic (exact) mass is 438 g/mol. The van der Waals surface area contributed by atoms with E-state index in [9.17, 15) is 14.0 Å². The smallest absolute Gasteiger partial charge is 0.326 e. The molecule has 4 rings (SSSR count). The van der Waals surface area contributed by atoms with E-state index in [1.165, 1.54) is 18.2 Å². The van der Waals surface area contributed by atoms with Gasteiger partial charge < -0.3 is 10.6 Å². The van der Waals surface area contributed by atoms with Crippen LogP contribution in [0.15, 0.2) is 72.8 Å². The van der Waals surface area contributed by atoms with Crippen LogP contribution in [-0.2, 0) is 6.54 Å². The first-order valence-electron chi connectivity index (χ1n) is 9.75. The van der Waals surface area contributed by atoms with Crippen molar-refractivity contribution in [2.24, 2.45) is 0 Å². The second kappa shape index (κ2) is 9.06. The van der Waals surface area contributed by atoms with Crippen LogP contribution in [0.5, 0.6) is 0 Å². The Labute approximate surface area is 184 Å². The fourth-order valence-corrected chi connectivity index (χ4v) is 3.60. The van der Waals surface area contributed by atoms with Crippen molar-refractivity contribution in [2.75, 3.05) is 28.2 Å². The summed E-state index contributed by atoms with van der Waals surface area (Å²) in [5.74, 6) is -0.555. The van der Waals surface area contributed by atoms with Crippen molar-refractivity contribution in [3.05, 3.63) is 89.2 Å². The van der Waals surface area contributed by atoms with E-state index in [0.717, 1.165) is 5.56 Å². The highest BCUT2D eigenvalue weighted by Crippen LogP contribution is 2.33. The van der Waals surface area contributed by atoms with Crippen molar-refractivity contribution in [3.8, 4) is 0 Å². The third-order valence-electron chi connectivity index (χ3n) is 4.96. The fourth-order valence-electron chi connectivity index (χ4n) is 3.42. The highest BCUT2D eigenvalue weighted by Gasteiger charge is 2.29. The van der Waals surface area contributed by atoms with Gasteiger partial charge in [0.2, 0.25) is 0 Å². The summed E-state index contributed by atoms with van der Waals surface area (Å²) >= 11 is 5.80. The van der Waals surface area contributed by atoms with Crippen LogP contribution in [0.25, 0.3) is 0 Å². The zero-order valence-electron chi connectivity index (χ0n) is 16.5. The molecule has 31 heavy (non-hydrogen) atoms. The van der Waals surface area contributed by atoms with Crippen molar-refractivity contribution < 1.29 is 14.0 Å². The van der Waals surface area contributed by atoms with E-state index in [1.807, 2.05) is 36.4 Å². The first-order chi connectivity index (χ1) is 15.0. The van der Waals surface area contributed by atoms with Gasteiger partial charge in [-0.05, 0) is 35.9 Å². The second-order valence-corrected chi connectivity index (χ2v) is 7.40. The average Bonchev–Trinajstić information content (AvgIpc) is 2.80. The molecular formula is C23H20ClFN4O2. The van der Waals surface area contributed by atoms with E-state index in [2.05, 4.69) is 10.6 Å². The van der Waals surface area contributed by atoms with Gasteiger partial charge in [0.05, 0.1) is 16.4 Å². The maximum Gasteiger partial charge on any atom is 0.326 e. The molecule has 0 aromatic heterocycles. The Bertz CT molecular complexity index is 1110. The van der Waals surface area contributed by atoms with Crippen molar-refractivity contribution in [3.63, 3.8) is 0 Å². The number of hydrogen-bond acceptors (Lipinski definition) is 2. The molecule has 3 aromatic rings. The Hall–Kier alpha value is -3.58. The Morgan fingerprint density at radius 1 is 0.871 bits per heavy atom. The normalized spacial score (nSPS) is 12.8. The fraction of sp³-hybridized carbons (Fsp3) is 0.130. The molecule has 3 aromatic carbocycles. The number of nitrogens with zero attached hydrogens (tertiary/aromatic N) is 2. The van der Waals surface area contributed by atoms with Crippen LogP contribution in [0.4, 0.5) is 31.0 Å². The van der Waals surface area contributed by atoms with Crippen LogP contribution < -0.4 is 20.4 Å². The quantitative estimate of drug-likeness (QED) is 0.586. The van der Waals surface area contributed by atoms with E-state index in [4.69, 9.17) is 11.6 Å². The Morgan fingerprint density at radius 2 is 1.48 bits per heavy atom. The molecule has 0 saturated heterocycles. The van der Waals surface area contributed by atoms with Crippen molar-refractivity contribution >= 4 is 40.7 Å². The molecule has 0 bridgehead atoms. The average molecular weight is 439 g/mol. The number of benzene rings is 3. The van der Waals surface area contributed by atoms with Crippen LogP contribution in [0.2, 0.25) is 5.02 Å². The molecule has 1 aliphatic rings. The standard InChI is InChI=1S/C23H20ClFN4O2/c24-18-14-17(10-11-19(18)25)27-23(31)29-13-12-28(20-8-4-5-9-21(20)29)22(30)26-15-16-6-2-1-3-7-16/h1-11,14H,12-13,15H2,(H,26,30)(H,27,31). The van der Waals surface area contributed by atoms with Gasteiger partial charge in [0.25, 0.3) is 0 Å². The summed E-state index contributed by atoms with van der Waals surface area (Å²) in [4.78, 5) is 28.9. The van der Waals surface area contributed by atoms with Crippen LogP contribution in [-0.4, -0.2) is 25.2 Å². The molecule has 8 heteroatoms. The van der Waals surface area contributed by atoms with Gasteiger partial charge in [0.1, 0.15) is 5.82 Å². The van der Waals surface area contributed by atoms with Gasteiger partial charge in [-0.15, -0.1) is 0 Å². The van der Waals surface area contributed by atoms with Crippen molar-refractivity contribution in [2.45, 2.75) is 6.54 Å². The minimum absolute atomic E-state index is 0.0712. The molecule has 0 aliphatic carbocycles. The lowest BCUT2D eigenvalue weighted by Gasteiger charge is -2.36. The number of hydrogen-bond donors (Lipinski definition) is 2. The summed E-state index contributed by atoms with van der Waals surface area (Å²) in [6.45, 7) is 1.04. The number of nitrogens with one attached hydrogen (secondary N) is 2. The van der Waals surface area contributed by atoms with Crippen molar-refractivity contribution in [1.82, 2.24) is 5.32 Å². The molecule has 158 valence electrons. The molecular weight excluding hydrogens is 419 g/mol. The lowest BCUT2D eigenvalue weighted by atomic mass is 10.1. The number of amides is 4. The van der Waals surface area contributed by atoms with Gasteiger partial charge in [0.15, 0.2) is 0 Å². The second-order valence-electron chi connectivity index (χ2n) is 7.00. The van der Waals surface area contributed by atoms with Crippen LogP contribution in [0, 0.1) is 5.82 Å². The lowest BCUT2D eigenvalue weighted by molar-refractivity contribution is 0.245. The third kappa shape index (κ3) is 4.62. The third-order valence-corrected chi connectivity index (χ3v) is 5.25. The van der Waals surface area contributed by atoms with E-state index in [-0.39, 0.29) is 17.1 Å². The number of para-hydroxylation sites is 2. The molecule has 0 radical (unpaired) electrons. The molecule has 0 unspecified atom stereocenters. The largest absolute Gasteiger partial charge is 0.334 e. The van der Waals surface area contributed by atoms with Crippen molar-refractivity contribution in [1.29, 1.82) is 0 Å². The molecule has 1 heterocycles. The number of carbonyl (C=O) groups excluding carboxylic acids is 2.